The summed E-state index contributed by atoms with van der Waals surface area (Å²) in [7, 11) is -2.43. The van der Waals surface area contributed by atoms with Crippen molar-refractivity contribution in [3.05, 3.63) is 72.8 Å². The first kappa shape index (κ1) is 20.4. The molecule has 4 rings (SSSR count). The Morgan fingerprint density at radius 1 is 0.839 bits per heavy atom. The minimum Gasteiger partial charge on any atom is -0.497 e. The second kappa shape index (κ2) is 8.46. The van der Waals surface area contributed by atoms with E-state index in [1.165, 1.54) is 24.3 Å². The molecule has 0 aliphatic heterocycles. The van der Waals surface area contributed by atoms with Crippen molar-refractivity contribution < 1.29 is 18.4 Å². The van der Waals surface area contributed by atoms with Crippen molar-refractivity contribution >= 4 is 44.1 Å². The van der Waals surface area contributed by atoms with Crippen molar-refractivity contribution in [2.45, 2.75) is 4.90 Å². The van der Waals surface area contributed by atoms with Crippen molar-refractivity contribution in [1.82, 2.24) is 9.97 Å². The van der Waals surface area contributed by atoms with E-state index in [-0.39, 0.29) is 22.2 Å². The minimum absolute atomic E-state index is 0.0388. The standard InChI is InChI=1S/C21H19N5O4S/c1-30-16-11-9-14(10-12-16)22-20-21(24-19-8-3-2-7-18(19)23-20)26-31(28,29)17-6-4-5-15(13-17)25-27/h2-13,25,27H,1H3,(H,22,23)(H,24,26). The molecule has 0 radical (unpaired) electrons. The number of hydrogen-bond donors (Lipinski definition) is 4. The fourth-order valence-electron chi connectivity index (χ4n) is 2.89. The third-order valence-electron chi connectivity index (χ3n) is 4.43. The Kier molecular flexibility index (Phi) is 5.56. The maximum Gasteiger partial charge on any atom is 0.263 e. The highest BCUT2D eigenvalue weighted by Gasteiger charge is 2.19. The first-order valence-corrected chi connectivity index (χ1v) is 10.7. The fourth-order valence-corrected chi connectivity index (χ4v) is 3.94. The second-order valence-corrected chi connectivity index (χ2v) is 8.19. The van der Waals surface area contributed by atoms with Crippen LogP contribution in [0.2, 0.25) is 0 Å². The summed E-state index contributed by atoms with van der Waals surface area (Å²) < 4.78 is 33.6. The number of rotatable bonds is 7. The molecule has 0 fully saturated rings. The van der Waals surface area contributed by atoms with E-state index in [4.69, 9.17) is 9.94 Å². The lowest BCUT2D eigenvalue weighted by Crippen LogP contribution is -2.16. The normalized spacial score (nSPS) is 11.2. The SMILES string of the molecule is COc1ccc(Nc2nc3ccccc3nc2NS(=O)(=O)c2cccc(NO)c2)cc1. The molecule has 0 unspecified atom stereocenters. The van der Waals surface area contributed by atoms with Crippen LogP contribution in [0.25, 0.3) is 11.0 Å². The predicted octanol–water partition coefficient (Wildman–Crippen LogP) is 3.98. The van der Waals surface area contributed by atoms with Crippen LogP contribution in [0.3, 0.4) is 0 Å². The zero-order valence-corrected chi connectivity index (χ0v) is 17.2. The molecule has 1 heterocycles. The van der Waals surface area contributed by atoms with Gasteiger partial charge in [-0.15, -0.1) is 0 Å². The van der Waals surface area contributed by atoms with Crippen LogP contribution < -0.4 is 20.3 Å². The monoisotopic (exact) mass is 437 g/mol. The summed E-state index contributed by atoms with van der Waals surface area (Å²) in [5, 5.41) is 12.2. The lowest BCUT2D eigenvalue weighted by Gasteiger charge is -2.14. The summed E-state index contributed by atoms with van der Waals surface area (Å²) in [5.41, 5.74) is 3.99. The van der Waals surface area contributed by atoms with E-state index in [2.05, 4.69) is 20.0 Å². The molecule has 0 aliphatic carbocycles. The van der Waals surface area contributed by atoms with Gasteiger partial charge in [0, 0.05) is 5.69 Å². The number of ether oxygens (including phenoxy) is 1. The molecule has 158 valence electrons. The summed E-state index contributed by atoms with van der Waals surface area (Å²) in [5.74, 6) is 0.967. The molecule has 0 aliphatic rings. The van der Waals surface area contributed by atoms with Crippen LogP contribution in [0.5, 0.6) is 5.75 Å². The van der Waals surface area contributed by atoms with Crippen LogP contribution >= 0.6 is 0 Å². The lowest BCUT2D eigenvalue weighted by atomic mass is 10.3. The Hall–Kier alpha value is -3.89. The maximum absolute atomic E-state index is 13.0. The van der Waals surface area contributed by atoms with E-state index in [1.54, 1.807) is 49.6 Å². The van der Waals surface area contributed by atoms with Gasteiger partial charge < -0.3 is 10.1 Å². The van der Waals surface area contributed by atoms with Gasteiger partial charge in [0.1, 0.15) is 5.75 Å². The maximum atomic E-state index is 13.0. The fraction of sp³-hybridized carbons (Fsp3) is 0.0476. The number of aromatic nitrogens is 2. The highest BCUT2D eigenvalue weighted by molar-refractivity contribution is 7.92. The summed E-state index contributed by atoms with van der Waals surface area (Å²) in [6.07, 6.45) is 0. The average Bonchev–Trinajstić information content (AvgIpc) is 2.80. The van der Waals surface area contributed by atoms with Gasteiger partial charge in [-0.3, -0.25) is 15.4 Å². The Morgan fingerprint density at radius 2 is 1.52 bits per heavy atom. The Labute approximate surface area is 178 Å². The van der Waals surface area contributed by atoms with Gasteiger partial charge in [-0.25, -0.2) is 18.4 Å². The van der Waals surface area contributed by atoms with E-state index in [0.29, 0.717) is 22.5 Å². The van der Waals surface area contributed by atoms with Gasteiger partial charge in [0.2, 0.25) is 0 Å². The molecule has 0 saturated heterocycles. The van der Waals surface area contributed by atoms with Crippen molar-refractivity contribution in [1.29, 1.82) is 0 Å². The van der Waals surface area contributed by atoms with Gasteiger partial charge in [0.05, 0.1) is 28.7 Å². The van der Waals surface area contributed by atoms with Crippen LogP contribution in [-0.2, 0) is 10.0 Å². The van der Waals surface area contributed by atoms with E-state index in [1.807, 2.05) is 11.5 Å². The number of nitrogens with one attached hydrogen (secondary N) is 3. The van der Waals surface area contributed by atoms with E-state index in [9.17, 15) is 8.42 Å². The zero-order chi connectivity index (χ0) is 21.8. The lowest BCUT2D eigenvalue weighted by molar-refractivity contribution is 0.388. The molecular weight excluding hydrogens is 418 g/mol. The molecule has 4 N–H and O–H groups in total. The van der Waals surface area contributed by atoms with E-state index in [0.717, 1.165) is 0 Å². The first-order valence-electron chi connectivity index (χ1n) is 9.19. The summed E-state index contributed by atoms with van der Waals surface area (Å²) in [6, 6.07) is 20.0. The number of anilines is 4. The molecule has 31 heavy (non-hydrogen) atoms. The van der Waals surface area contributed by atoms with Crippen molar-refractivity contribution in [2.75, 3.05) is 22.6 Å². The first-order chi connectivity index (χ1) is 15.0. The smallest absolute Gasteiger partial charge is 0.263 e. The highest BCUT2D eigenvalue weighted by Crippen LogP contribution is 2.28. The Balaban J connectivity index is 1.75. The Bertz CT molecular complexity index is 1330. The van der Waals surface area contributed by atoms with Crippen molar-refractivity contribution in [3.8, 4) is 5.75 Å². The zero-order valence-electron chi connectivity index (χ0n) is 16.4. The Morgan fingerprint density at radius 3 is 2.16 bits per heavy atom. The van der Waals surface area contributed by atoms with Gasteiger partial charge in [-0.1, -0.05) is 18.2 Å². The largest absolute Gasteiger partial charge is 0.497 e. The molecule has 0 spiro atoms. The molecule has 0 atom stereocenters. The van der Waals surface area contributed by atoms with Crippen molar-refractivity contribution in [3.63, 3.8) is 0 Å². The highest BCUT2D eigenvalue weighted by atomic mass is 32.2. The van der Waals surface area contributed by atoms with Crippen LogP contribution in [0.4, 0.5) is 23.0 Å². The number of benzene rings is 3. The van der Waals surface area contributed by atoms with Crippen LogP contribution in [-0.4, -0.2) is 30.7 Å². The van der Waals surface area contributed by atoms with Crippen LogP contribution in [0.15, 0.2) is 77.7 Å². The number of nitrogens with zero attached hydrogens (tertiary/aromatic N) is 2. The number of sulfonamides is 1. The van der Waals surface area contributed by atoms with Crippen molar-refractivity contribution in [2.24, 2.45) is 0 Å². The predicted molar refractivity (Wildman–Crippen MR) is 118 cm³/mol. The van der Waals surface area contributed by atoms with Crippen LogP contribution in [0.1, 0.15) is 0 Å². The topological polar surface area (TPSA) is 125 Å². The quantitative estimate of drug-likeness (QED) is 0.320. The second-order valence-electron chi connectivity index (χ2n) is 6.51. The van der Waals surface area contributed by atoms with Gasteiger partial charge in [-0.05, 0) is 54.6 Å². The molecule has 9 nitrogen and oxygen atoms in total. The number of hydrogen-bond acceptors (Lipinski definition) is 8. The summed E-state index contributed by atoms with van der Waals surface area (Å²) in [6.45, 7) is 0. The van der Waals surface area contributed by atoms with Gasteiger partial charge in [0.25, 0.3) is 10.0 Å². The summed E-state index contributed by atoms with van der Waals surface area (Å²) >= 11 is 0. The number of para-hydroxylation sites is 2. The molecular formula is C21H19N5O4S. The third kappa shape index (κ3) is 4.49. The number of fused-ring (bicyclic) bond motifs is 1. The van der Waals surface area contributed by atoms with Gasteiger partial charge >= 0.3 is 0 Å². The molecule has 0 saturated carbocycles. The van der Waals surface area contributed by atoms with Gasteiger partial charge in [0.15, 0.2) is 11.6 Å². The molecule has 1 aromatic heterocycles. The van der Waals surface area contributed by atoms with Gasteiger partial charge in [-0.2, -0.15) is 0 Å². The molecule has 4 aromatic rings. The molecule has 0 bridgehead atoms. The van der Waals surface area contributed by atoms with Crippen LogP contribution in [0, 0.1) is 0 Å². The molecule has 0 amide bonds. The minimum atomic E-state index is -4.00. The summed E-state index contributed by atoms with van der Waals surface area (Å²) in [4.78, 5) is 8.95. The van der Waals surface area contributed by atoms with E-state index < -0.39 is 10.0 Å². The molecule has 10 heteroatoms. The molecule has 3 aromatic carbocycles. The number of methoxy groups -OCH3 is 1. The average molecular weight is 437 g/mol. The third-order valence-corrected chi connectivity index (χ3v) is 5.76. The van der Waals surface area contributed by atoms with E-state index >= 15 is 0 Å².